The highest BCUT2D eigenvalue weighted by atomic mass is 16.5. The molecule has 17 heavy (non-hydrogen) atoms. The van der Waals surface area contributed by atoms with Gasteiger partial charge in [0.05, 0.1) is 0 Å². The number of rotatable bonds is 5. The lowest BCUT2D eigenvalue weighted by atomic mass is 9.87. The highest BCUT2D eigenvalue weighted by Crippen LogP contribution is 2.25. The van der Waals surface area contributed by atoms with Gasteiger partial charge in [0.1, 0.15) is 12.4 Å². The van der Waals surface area contributed by atoms with Crippen LogP contribution in [-0.2, 0) is 5.41 Å². The van der Waals surface area contributed by atoms with E-state index in [4.69, 9.17) is 4.74 Å². The van der Waals surface area contributed by atoms with Crippen LogP contribution in [0.2, 0.25) is 0 Å². The van der Waals surface area contributed by atoms with Crippen LogP contribution in [0.5, 0.6) is 5.75 Å². The quantitative estimate of drug-likeness (QED) is 0.789. The molecule has 2 nitrogen and oxygen atoms in total. The SMILES string of the molecule is CNC/C=C/COc1cccc(C(C)(C)C)c1. The van der Waals surface area contributed by atoms with Crippen LogP contribution < -0.4 is 10.1 Å². The Morgan fingerprint density at radius 3 is 2.65 bits per heavy atom. The van der Waals surface area contributed by atoms with Crippen LogP contribution >= 0.6 is 0 Å². The molecule has 0 heterocycles. The maximum Gasteiger partial charge on any atom is 0.120 e. The molecule has 0 spiro atoms. The van der Waals surface area contributed by atoms with Crippen LogP contribution in [0.4, 0.5) is 0 Å². The van der Waals surface area contributed by atoms with Gasteiger partial charge in [-0.1, -0.05) is 45.1 Å². The van der Waals surface area contributed by atoms with Crippen molar-refractivity contribution in [2.45, 2.75) is 26.2 Å². The van der Waals surface area contributed by atoms with Crippen LogP contribution in [0.3, 0.4) is 0 Å². The molecule has 0 bridgehead atoms. The van der Waals surface area contributed by atoms with E-state index in [1.54, 1.807) is 0 Å². The normalized spacial score (nSPS) is 12.0. The Balaban J connectivity index is 2.55. The van der Waals surface area contributed by atoms with Gasteiger partial charge >= 0.3 is 0 Å². The van der Waals surface area contributed by atoms with Crippen molar-refractivity contribution in [3.05, 3.63) is 42.0 Å². The number of nitrogens with one attached hydrogen (secondary N) is 1. The van der Waals surface area contributed by atoms with Crippen molar-refractivity contribution < 1.29 is 4.74 Å². The minimum atomic E-state index is 0.168. The van der Waals surface area contributed by atoms with Crippen molar-refractivity contribution in [2.24, 2.45) is 0 Å². The highest BCUT2D eigenvalue weighted by Gasteiger charge is 2.13. The van der Waals surface area contributed by atoms with Crippen LogP contribution in [0, 0.1) is 0 Å². The average molecular weight is 233 g/mol. The first-order valence-electron chi connectivity index (χ1n) is 6.07. The fourth-order valence-corrected chi connectivity index (χ4v) is 1.47. The average Bonchev–Trinajstić information content (AvgIpc) is 2.28. The van der Waals surface area contributed by atoms with E-state index in [2.05, 4.69) is 44.3 Å². The summed E-state index contributed by atoms with van der Waals surface area (Å²) in [7, 11) is 1.93. The van der Waals surface area contributed by atoms with Gasteiger partial charge in [-0.05, 0) is 30.2 Å². The van der Waals surface area contributed by atoms with Crippen molar-refractivity contribution in [1.82, 2.24) is 5.32 Å². The molecule has 0 fully saturated rings. The fraction of sp³-hybridized carbons (Fsp3) is 0.467. The van der Waals surface area contributed by atoms with Gasteiger partial charge in [-0.25, -0.2) is 0 Å². The molecule has 1 aromatic carbocycles. The molecular formula is C15H23NO. The van der Waals surface area contributed by atoms with E-state index in [9.17, 15) is 0 Å². The summed E-state index contributed by atoms with van der Waals surface area (Å²) in [6, 6.07) is 8.31. The van der Waals surface area contributed by atoms with Gasteiger partial charge in [0.25, 0.3) is 0 Å². The Morgan fingerprint density at radius 2 is 2.00 bits per heavy atom. The van der Waals surface area contributed by atoms with Gasteiger partial charge in [0.2, 0.25) is 0 Å². The molecule has 94 valence electrons. The Kier molecular flexibility index (Phi) is 5.23. The van der Waals surface area contributed by atoms with E-state index in [0.29, 0.717) is 6.61 Å². The number of ether oxygens (including phenoxy) is 1. The lowest BCUT2D eigenvalue weighted by Crippen LogP contribution is -2.11. The van der Waals surface area contributed by atoms with E-state index in [0.717, 1.165) is 12.3 Å². The maximum absolute atomic E-state index is 5.67. The van der Waals surface area contributed by atoms with Crippen LogP contribution in [-0.4, -0.2) is 20.2 Å². The van der Waals surface area contributed by atoms with E-state index < -0.39 is 0 Å². The van der Waals surface area contributed by atoms with Crippen molar-refractivity contribution in [3.63, 3.8) is 0 Å². The molecule has 0 amide bonds. The fourth-order valence-electron chi connectivity index (χ4n) is 1.47. The molecule has 1 N–H and O–H groups in total. The van der Waals surface area contributed by atoms with Crippen molar-refractivity contribution in [1.29, 1.82) is 0 Å². The van der Waals surface area contributed by atoms with Gasteiger partial charge in [0, 0.05) is 6.54 Å². The van der Waals surface area contributed by atoms with Crippen LogP contribution in [0.15, 0.2) is 36.4 Å². The molecule has 1 rings (SSSR count). The lowest BCUT2D eigenvalue weighted by molar-refractivity contribution is 0.361. The smallest absolute Gasteiger partial charge is 0.120 e. The maximum atomic E-state index is 5.67. The third-order valence-corrected chi connectivity index (χ3v) is 2.53. The monoisotopic (exact) mass is 233 g/mol. The summed E-state index contributed by atoms with van der Waals surface area (Å²) in [6.07, 6.45) is 4.09. The van der Waals surface area contributed by atoms with Gasteiger partial charge in [0.15, 0.2) is 0 Å². The molecule has 0 aliphatic heterocycles. The van der Waals surface area contributed by atoms with Crippen molar-refractivity contribution in [2.75, 3.05) is 20.2 Å². The van der Waals surface area contributed by atoms with Gasteiger partial charge < -0.3 is 10.1 Å². The number of hydrogen-bond acceptors (Lipinski definition) is 2. The van der Waals surface area contributed by atoms with Gasteiger partial charge in [-0.15, -0.1) is 0 Å². The highest BCUT2D eigenvalue weighted by molar-refractivity contribution is 5.32. The zero-order valence-corrected chi connectivity index (χ0v) is 11.3. The number of benzene rings is 1. The van der Waals surface area contributed by atoms with Crippen LogP contribution in [0.25, 0.3) is 0 Å². The van der Waals surface area contributed by atoms with Crippen molar-refractivity contribution >= 4 is 0 Å². The molecule has 0 unspecified atom stereocenters. The molecule has 2 heteroatoms. The Hall–Kier alpha value is -1.28. The second-order valence-electron chi connectivity index (χ2n) is 5.12. The first-order chi connectivity index (χ1) is 8.04. The molecule has 0 aliphatic rings. The summed E-state index contributed by atoms with van der Waals surface area (Å²) in [5.41, 5.74) is 1.47. The Bertz CT molecular complexity index is 363. The second-order valence-corrected chi connectivity index (χ2v) is 5.12. The molecule has 0 saturated carbocycles. The largest absolute Gasteiger partial charge is 0.490 e. The van der Waals surface area contributed by atoms with Gasteiger partial charge in [-0.3, -0.25) is 0 Å². The van der Waals surface area contributed by atoms with E-state index >= 15 is 0 Å². The summed E-state index contributed by atoms with van der Waals surface area (Å²) < 4.78 is 5.67. The molecular weight excluding hydrogens is 210 g/mol. The topological polar surface area (TPSA) is 21.3 Å². The molecule has 0 aliphatic carbocycles. The summed E-state index contributed by atoms with van der Waals surface area (Å²) >= 11 is 0. The molecule has 1 aromatic rings. The summed E-state index contributed by atoms with van der Waals surface area (Å²) in [6.45, 7) is 8.12. The third kappa shape index (κ3) is 5.05. The molecule has 0 aromatic heterocycles. The third-order valence-electron chi connectivity index (χ3n) is 2.53. The Labute approximate surface area is 105 Å². The second kappa shape index (κ2) is 6.45. The zero-order chi connectivity index (χ0) is 12.7. The summed E-state index contributed by atoms with van der Waals surface area (Å²) in [5.74, 6) is 0.937. The molecule has 0 radical (unpaired) electrons. The first-order valence-corrected chi connectivity index (χ1v) is 6.07. The number of hydrogen-bond donors (Lipinski definition) is 1. The molecule has 0 saturated heterocycles. The Morgan fingerprint density at radius 1 is 1.24 bits per heavy atom. The summed E-state index contributed by atoms with van der Waals surface area (Å²) in [4.78, 5) is 0. The summed E-state index contributed by atoms with van der Waals surface area (Å²) in [5, 5.41) is 3.05. The minimum absolute atomic E-state index is 0.168. The van der Waals surface area contributed by atoms with E-state index in [1.807, 2.05) is 25.3 Å². The van der Waals surface area contributed by atoms with Gasteiger partial charge in [-0.2, -0.15) is 0 Å². The zero-order valence-electron chi connectivity index (χ0n) is 11.3. The minimum Gasteiger partial charge on any atom is -0.490 e. The van der Waals surface area contributed by atoms with Crippen LogP contribution in [0.1, 0.15) is 26.3 Å². The molecule has 0 atom stereocenters. The lowest BCUT2D eigenvalue weighted by Gasteiger charge is -2.19. The van der Waals surface area contributed by atoms with E-state index in [1.165, 1.54) is 5.56 Å². The van der Waals surface area contributed by atoms with E-state index in [-0.39, 0.29) is 5.41 Å². The predicted octanol–water partition coefficient (Wildman–Crippen LogP) is 3.14. The van der Waals surface area contributed by atoms with Crippen molar-refractivity contribution in [3.8, 4) is 5.75 Å². The first kappa shape index (κ1) is 13.8. The standard InChI is InChI=1S/C15H23NO/c1-15(2,3)13-8-7-9-14(12-13)17-11-6-5-10-16-4/h5-9,12,16H,10-11H2,1-4H3/b6-5+. The number of likely N-dealkylation sites (N-methyl/N-ethyl adjacent to an activating group) is 1. The predicted molar refractivity (Wildman–Crippen MR) is 73.7 cm³/mol.